The van der Waals surface area contributed by atoms with Crippen LogP contribution in [0.5, 0.6) is 28.7 Å². The van der Waals surface area contributed by atoms with Crippen LogP contribution >= 0.6 is 0 Å². The van der Waals surface area contributed by atoms with Crippen molar-refractivity contribution in [2.75, 3.05) is 19.8 Å². The van der Waals surface area contributed by atoms with Crippen LogP contribution in [0.2, 0.25) is 0 Å². The summed E-state index contributed by atoms with van der Waals surface area (Å²) in [6, 6.07) is 76.0. The van der Waals surface area contributed by atoms with Gasteiger partial charge in [0.05, 0.1) is 29.9 Å². The van der Waals surface area contributed by atoms with E-state index in [0.29, 0.717) is 98.7 Å². The van der Waals surface area contributed by atoms with E-state index in [1.165, 1.54) is 49.1 Å². The Kier molecular flexibility index (Phi) is 29.1. The summed E-state index contributed by atoms with van der Waals surface area (Å²) in [7, 11) is 0. The van der Waals surface area contributed by atoms with Gasteiger partial charge in [0.2, 0.25) is 0 Å². The van der Waals surface area contributed by atoms with Gasteiger partial charge in [0, 0.05) is 52.1 Å². The molecule has 3 unspecified atom stereocenters. The van der Waals surface area contributed by atoms with Gasteiger partial charge in [-0.2, -0.15) is 0 Å². The molecule has 0 bridgehead atoms. The van der Waals surface area contributed by atoms with E-state index >= 15 is 0 Å². The number of unbranched alkanes of at least 4 members (excludes halogenated alkanes) is 1. The van der Waals surface area contributed by atoms with Gasteiger partial charge >= 0.3 is 0 Å². The number of aryl methyl sites for hydroxylation is 8. The van der Waals surface area contributed by atoms with Crippen molar-refractivity contribution < 1.29 is 44.5 Å². The van der Waals surface area contributed by atoms with E-state index in [9.17, 15) is 30.3 Å². The number of phenolic OH excluding ortho intramolecular Hbond substituents is 3. The zero-order valence-electron chi connectivity index (χ0n) is 68.3. The van der Waals surface area contributed by atoms with E-state index in [1.54, 1.807) is 43.3 Å². The van der Waals surface area contributed by atoms with Crippen LogP contribution in [0.15, 0.2) is 237 Å². The molecule has 11 aromatic carbocycles. The molecule has 0 aliphatic heterocycles. The molecule has 3 aromatic heterocycles. The molecule has 0 saturated carbocycles. The normalized spacial score (nSPS) is 11.7. The van der Waals surface area contributed by atoms with Crippen LogP contribution in [0.3, 0.4) is 0 Å². The van der Waals surface area contributed by atoms with E-state index in [4.69, 9.17) is 59.1 Å². The van der Waals surface area contributed by atoms with Crippen molar-refractivity contribution in [3.63, 3.8) is 0 Å². The largest absolute Gasteiger partial charge is 0.507 e. The monoisotopic (exact) mass is 1570 g/mol. The number of ether oxygens (including phenoxy) is 3. The third kappa shape index (κ3) is 21.9. The first-order chi connectivity index (χ1) is 56.5. The molecule has 0 aliphatic rings. The Morgan fingerprint density at radius 3 is 1.06 bits per heavy atom. The molecule has 0 aliphatic carbocycles. The van der Waals surface area contributed by atoms with Gasteiger partial charge in [-0.3, -0.25) is 4.79 Å². The summed E-state index contributed by atoms with van der Waals surface area (Å²) < 4.78 is 17.2. The van der Waals surface area contributed by atoms with Gasteiger partial charge in [-0.15, -0.1) is 0 Å². The predicted molar refractivity (Wildman–Crippen MR) is 471 cm³/mol. The molecule has 0 radical (unpaired) electrons. The fourth-order valence-electron chi connectivity index (χ4n) is 13.6. The van der Waals surface area contributed by atoms with E-state index in [1.807, 2.05) is 161 Å². The zero-order chi connectivity index (χ0) is 82.8. The highest BCUT2D eigenvalue weighted by atomic mass is 16.5. The number of rotatable bonds is 26. The SMILES string of the molecule is C.CC(=O)C(C)Oc1ccc(-c2nc(-c3ccc(-c4ccccc4)cc3)nc(-c3ccc(-c4ccccc4)cc3)n2)c(O)c1.CCCCC(CC)COCC(O)COc1ccc(-c2nc(-c3ccc(C)cc3C)nc(-c3ccc(C)cc3C)n2)c(O)c1.Cc1ccc(-c2nc(-c3ccc(C)cc3C)nc(-c3ccc(CO)cc3O)n2)c(C)c1. The summed E-state index contributed by atoms with van der Waals surface area (Å²) >= 11 is 0. The number of aliphatic hydroxyl groups is 2. The second kappa shape index (κ2) is 40.0. The molecule has 3 heterocycles. The average Bonchev–Trinajstić information content (AvgIpc) is 0.791. The van der Waals surface area contributed by atoms with Crippen molar-refractivity contribution in [1.82, 2.24) is 44.9 Å². The number of aromatic hydroxyl groups is 3. The number of carbonyl (C=O) groups is 1. The number of hydrogen-bond donors (Lipinski definition) is 5. The van der Waals surface area contributed by atoms with Gasteiger partial charge in [0.1, 0.15) is 41.5 Å². The second-order valence-corrected chi connectivity index (χ2v) is 29.7. The number of carbonyl (C=O) groups excluding carboxylic acids is 1. The molecule has 602 valence electrons. The zero-order valence-corrected chi connectivity index (χ0v) is 68.3. The van der Waals surface area contributed by atoms with Gasteiger partial charge in [0.15, 0.2) is 64.3 Å². The van der Waals surface area contributed by atoms with Gasteiger partial charge in [-0.05, 0) is 168 Å². The standard InChI is InChI=1S/C37H29N3O3.C36H45N3O4.C26H25N3O2.CH4/c1-24(41)25(2)43-32-21-22-33(34(42)23-32)37-39-35(30-17-13-28(14-18-30)26-9-5-3-6-10-26)38-36(40-37)31-19-15-29(16-20-31)27-11-7-4-8-12-27;1-7-9-10-27(8-2)20-42-21-28(40)22-43-29-13-16-32(33(41)19-29)36-38-34(30-14-11-23(3)17-25(30)5)37-35(39-36)31-15-12-24(4)18-26(31)6;1-15-5-8-20(17(3)11-15)24-27-25(21-9-6-16(2)12-18(21)4)29-26(28-24)22-10-7-19(14-30)13-23(22)31;/h3-23,25,42H,1-2H3;11-19,27-28,40-41H,7-10,20-22H2,1-6H3;5-13,30-31H,14H2,1-4H3;1H4. The Morgan fingerprint density at radius 2 is 0.703 bits per heavy atom. The number of aromatic nitrogens is 9. The summed E-state index contributed by atoms with van der Waals surface area (Å²) in [5.41, 5.74) is 20.7. The van der Waals surface area contributed by atoms with Crippen LogP contribution in [0, 0.1) is 61.3 Å². The molecule has 18 heteroatoms. The maximum Gasteiger partial charge on any atom is 0.169 e. The van der Waals surface area contributed by atoms with Crippen molar-refractivity contribution in [2.45, 2.75) is 135 Å². The molecule has 14 rings (SSSR count). The summed E-state index contributed by atoms with van der Waals surface area (Å²) in [6.07, 6.45) is 3.18. The van der Waals surface area contributed by atoms with E-state index in [0.717, 1.165) is 102 Å². The minimum absolute atomic E-state index is 0. The highest BCUT2D eigenvalue weighted by Gasteiger charge is 2.23. The summed E-state index contributed by atoms with van der Waals surface area (Å²) in [5, 5.41) is 52.3. The highest BCUT2D eigenvalue weighted by molar-refractivity contribution is 5.81. The van der Waals surface area contributed by atoms with Crippen molar-refractivity contribution >= 4 is 5.78 Å². The van der Waals surface area contributed by atoms with Crippen LogP contribution < -0.4 is 9.47 Å². The van der Waals surface area contributed by atoms with E-state index in [-0.39, 0.29) is 50.3 Å². The maximum absolute atomic E-state index is 11.7. The lowest BCUT2D eigenvalue weighted by Crippen LogP contribution is -2.25. The lowest BCUT2D eigenvalue weighted by atomic mass is 10.0. The Balaban J connectivity index is 0.000000175. The molecule has 14 aromatic rings. The summed E-state index contributed by atoms with van der Waals surface area (Å²) in [4.78, 5) is 54.7. The molecule has 18 nitrogen and oxygen atoms in total. The molecule has 0 fully saturated rings. The van der Waals surface area contributed by atoms with Gasteiger partial charge in [-0.25, -0.2) is 44.9 Å². The fraction of sp³-hybridized carbons (Fsp3) is 0.240. The maximum atomic E-state index is 11.7. The molecular formula is C100H103N9O9. The molecule has 0 amide bonds. The first-order valence-corrected chi connectivity index (χ1v) is 39.5. The Labute approximate surface area is 692 Å². The Hall–Kier alpha value is -13.0. The lowest BCUT2D eigenvalue weighted by molar-refractivity contribution is -0.122. The number of aliphatic hydroxyl groups excluding tert-OH is 2. The quantitative estimate of drug-likeness (QED) is 0.0337. The molecule has 118 heavy (non-hydrogen) atoms. The number of hydrogen-bond acceptors (Lipinski definition) is 18. The predicted octanol–water partition coefficient (Wildman–Crippen LogP) is 22.0. The first kappa shape index (κ1) is 85.9. The third-order valence-corrected chi connectivity index (χ3v) is 20.3. The molecular weight excluding hydrogens is 1470 g/mol. The third-order valence-electron chi connectivity index (χ3n) is 20.3. The van der Waals surface area contributed by atoms with E-state index < -0.39 is 12.2 Å². The Morgan fingerprint density at radius 1 is 0.373 bits per heavy atom. The lowest BCUT2D eigenvalue weighted by Gasteiger charge is -2.17. The highest BCUT2D eigenvalue weighted by Crippen LogP contribution is 2.39. The van der Waals surface area contributed by atoms with E-state index in [2.05, 4.69) is 90.1 Å². The minimum atomic E-state index is -0.769. The van der Waals surface area contributed by atoms with Crippen LogP contribution in [-0.4, -0.2) is 108 Å². The van der Waals surface area contributed by atoms with Crippen LogP contribution in [0.4, 0.5) is 0 Å². The Bertz CT molecular complexity index is 5550. The van der Waals surface area contributed by atoms with Gasteiger partial charge < -0.3 is 39.7 Å². The van der Waals surface area contributed by atoms with Crippen LogP contribution in [-0.2, 0) is 16.1 Å². The number of phenols is 3. The molecule has 0 saturated heterocycles. The first-order valence-electron chi connectivity index (χ1n) is 39.5. The van der Waals surface area contributed by atoms with Crippen LogP contribution in [0.1, 0.15) is 111 Å². The van der Waals surface area contributed by atoms with Crippen molar-refractivity contribution in [2.24, 2.45) is 5.92 Å². The second-order valence-electron chi connectivity index (χ2n) is 29.7. The molecule has 3 atom stereocenters. The van der Waals surface area contributed by atoms with Crippen molar-refractivity contribution in [3.8, 4) is 153 Å². The van der Waals surface area contributed by atoms with Gasteiger partial charge in [0.25, 0.3) is 0 Å². The smallest absolute Gasteiger partial charge is 0.169 e. The molecule has 0 spiro atoms. The molecule has 5 N–H and O–H groups in total. The van der Waals surface area contributed by atoms with Gasteiger partial charge in [-0.1, -0.05) is 251 Å². The number of nitrogens with zero attached hydrogens (tertiary/aromatic N) is 9. The summed E-state index contributed by atoms with van der Waals surface area (Å²) in [6.45, 7) is 24.6. The average molecular weight is 1570 g/mol. The topological polar surface area (TPSA) is 262 Å². The minimum Gasteiger partial charge on any atom is -0.507 e. The number of ketones is 1. The summed E-state index contributed by atoms with van der Waals surface area (Å²) in [5.74, 6) is 5.42. The van der Waals surface area contributed by atoms with Crippen LogP contribution in [0.25, 0.3) is 125 Å². The van der Waals surface area contributed by atoms with Crippen molar-refractivity contribution in [3.05, 3.63) is 287 Å². The number of Topliss-reactive ketones (excluding diaryl/α,β-unsaturated/α-hetero) is 1. The number of benzene rings is 11. The van der Waals surface area contributed by atoms with Crippen molar-refractivity contribution in [1.29, 1.82) is 0 Å². The fourth-order valence-corrected chi connectivity index (χ4v) is 13.6.